The first-order valence-corrected chi connectivity index (χ1v) is 4.84. The van der Waals surface area contributed by atoms with E-state index in [9.17, 15) is 0 Å². The highest BCUT2D eigenvalue weighted by molar-refractivity contribution is 6.70. The summed E-state index contributed by atoms with van der Waals surface area (Å²) in [6.45, 7) is 0. The number of hydrogen-bond donors (Lipinski definition) is 0. The van der Waals surface area contributed by atoms with Crippen LogP contribution in [0.5, 0.6) is 0 Å². The molecule has 0 fully saturated rings. The van der Waals surface area contributed by atoms with Crippen LogP contribution in [-0.4, -0.2) is 20.4 Å². The Labute approximate surface area is 89.7 Å². The monoisotopic (exact) mass is 262 g/mol. The first-order valence-electron chi connectivity index (χ1n) is 2.30. The van der Waals surface area contributed by atoms with Gasteiger partial charge in [0.2, 0.25) is 3.79 Å². The van der Waals surface area contributed by atoms with Crippen LogP contribution < -0.4 is 0 Å². The molecule has 6 heteroatoms. The molecule has 0 saturated heterocycles. The Bertz CT molecular complexity index is 96.4. The van der Waals surface area contributed by atoms with Crippen molar-refractivity contribution >= 4 is 69.6 Å². The van der Waals surface area contributed by atoms with Crippen LogP contribution in [0.25, 0.3) is 0 Å². The van der Waals surface area contributed by atoms with E-state index in [4.69, 9.17) is 69.6 Å². The third kappa shape index (κ3) is 3.94. The van der Waals surface area contributed by atoms with Gasteiger partial charge in [-0.15, -0.1) is 34.8 Å². The predicted octanol–water partition coefficient (Wildman–Crippen LogP) is 3.81. The van der Waals surface area contributed by atoms with E-state index in [0.717, 1.165) is 0 Å². The molecule has 0 N–H and O–H groups in total. The lowest BCUT2D eigenvalue weighted by molar-refractivity contribution is 0.846. The van der Waals surface area contributed by atoms with Gasteiger partial charge in [-0.25, -0.2) is 0 Å². The zero-order valence-electron chi connectivity index (χ0n) is 4.63. The summed E-state index contributed by atoms with van der Waals surface area (Å²) in [7, 11) is 0. The smallest absolute Gasteiger partial charge is 0.125 e. The number of halogens is 6. The summed E-state index contributed by atoms with van der Waals surface area (Å²) in [6.07, 6.45) is 0. The topological polar surface area (TPSA) is 0 Å². The molecule has 0 aromatic heterocycles. The predicted molar refractivity (Wildman–Crippen MR) is 50.3 cm³/mol. The molecule has 2 unspecified atom stereocenters. The maximum Gasteiger partial charge on any atom is 0.208 e. The molecular formula is C4H4Cl6. The lowest BCUT2D eigenvalue weighted by Crippen LogP contribution is -2.30. The number of hydrogen-bond acceptors (Lipinski definition) is 0. The van der Waals surface area contributed by atoms with E-state index >= 15 is 0 Å². The molecule has 0 bridgehead atoms. The minimum Gasteiger partial charge on any atom is -0.125 e. The maximum atomic E-state index is 5.60. The summed E-state index contributed by atoms with van der Waals surface area (Å²) >= 11 is 32.8. The summed E-state index contributed by atoms with van der Waals surface area (Å²) in [5.74, 6) is 0.156. The van der Waals surface area contributed by atoms with Gasteiger partial charge in [-0.3, -0.25) is 0 Å². The molecule has 10 heavy (non-hydrogen) atoms. The molecule has 0 nitrogen and oxygen atoms in total. The SMILES string of the molecule is ClCC(Cl)C(Cl)C(Cl)(Cl)Cl. The summed E-state index contributed by atoms with van der Waals surface area (Å²) in [4.78, 5) is 0. The fourth-order valence-corrected chi connectivity index (χ4v) is 1.48. The van der Waals surface area contributed by atoms with E-state index in [2.05, 4.69) is 0 Å². The van der Waals surface area contributed by atoms with Gasteiger partial charge < -0.3 is 0 Å². The van der Waals surface area contributed by atoms with Crippen LogP contribution in [0.15, 0.2) is 0 Å². The Kier molecular flexibility index (Phi) is 5.51. The molecule has 62 valence electrons. The van der Waals surface area contributed by atoms with Crippen molar-refractivity contribution < 1.29 is 0 Å². The Morgan fingerprint density at radius 2 is 1.50 bits per heavy atom. The molecule has 0 aliphatic rings. The highest BCUT2D eigenvalue weighted by atomic mass is 35.6. The maximum absolute atomic E-state index is 5.60. The highest BCUT2D eigenvalue weighted by Crippen LogP contribution is 2.37. The minimum absolute atomic E-state index is 0.156. The van der Waals surface area contributed by atoms with Gasteiger partial charge in [0.15, 0.2) is 0 Å². The van der Waals surface area contributed by atoms with Crippen LogP contribution in [0, 0.1) is 0 Å². The summed E-state index contributed by atoms with van der Waals surface area (Å²) in [5, 5.41) is -1.30. The van der Waals surface area contributed by atoms with Crippen LogP contribution in [-0.2, 0) is 0 Å². The minimum atomic E-state index is -1.55. The first-order chi connectivity index (χ1) is 4.39. The Hall–Kier alpha value is 1.74. The van der Waals surface area contributed by atoms with Gasteiger partial charge in [-0.2, -0.15) is 0 Å². The van der Waals surface area contributed by atoms with Crippen molar-refractivity contribution in [3.8, 4) is 0 Å². The van der Waals surface area contributed by atoms with Gasteiger partial charge in [0.1, 0.15) is 0 Å². The van der Waals surface area contributed by atoms with Crippen LogP contribution in [0.2, 0.25) is 0 Å². The van der Waals surface area contributed by atoms with E-state index in [1.54, 1.807) is 0 Å². The molecular weight excluding hydrogens is 261 g/mol. The van der Waals surface area contributed by atoms with Crippen LogP contribution in [0.1, 0.15) is 0 Å². The van der Waals surface area contributed by atoms with E-state index < -0.39 is 14.5 Å². The largest absolute Gasteiger partial charge is 0.208 e. The number of rotatable bonds is 2. The lowest BCUT2D eigenvalue weighted by Gasteiger charge is -2.20. The zero-order chi connectivity index (χ0) is 8.36. The second-order valence-electron chi connectivity index (χ2n) is 1.61. The fourth-order valence-electron chi connectivity index (χ4n) is 0.283. The van der Waals surface area contributed by atoms with E-state index in [1.165, 1.54) is 0 Å². The summed E-state index contributed by atoms with van der Waals surface area (Å²) in [5.41, 5.74) is 0. The normalized spacial score (nSPS) is 18.6. The van der Waals surface area contributed by atoms with Crippen molar-refractivity contribution in [1.82, 2.24) is 0 Å². The molecule has 0 heterocycles. The van der Waals surface area contributed by atoms with Crippen LogP contribution >= 0.6 is 69.6 Å². The van der Waals surface area contributed by atoms with Crippen molar-refractivity contribution in [1.29, 1.82) is 0 Å². The molecule has 0 saturated carbocycles. The molecule has 0 radical (unpaired) electrons. The summed E-state index contributed by atoms with van der Waals surface area (Å²) in [6, 6.07) is 0. The second kappa shape index (κ2) is 4.69. The van der Waals surface area contributed by atoms with Gasteiger partial charge in [0.05, 0.1) is 10.8 Å². The average molecular weight is 265 g/mol. The van der Waals surface area contributed by atoms with Gasteiger partial charge in [0, 0.05) is 5.88 Å². The van der Waals surface area contributed by atoms with Crippen molar-refractivity contribution in [2.75, 3.05) is 5.88 Å². The standard InChI is InChI=1S/C4H4Cl6/c5-1-2(6)3(7)4(8,9)10/h2-3H,1H2. The Balaban J connectivity index is 3.94. The number of alkyl halides is 6. The highest BCUT2D eigenvalue weighted by Gasteiger charge is 2.35. The van der Waals surface area contributed by atoms with Gasteiger partial charge >= 0.3 is 0 Å². The molecule has 0 amide bonds. The quantitative estimate of drug-likeness (QED) is 0.666. The van der Waals surface area contributed by atoms with E-state index in [-0.39, 0.29) is 5.88 Å². The third-order valence-corrected chi connectivity index (χ3v) is 3.48. The van der Waals surface area contributed by atoms with Crippen LogP contribution in [0.3, 0.4) is 0 Å². The Morgan fingerprint density at radius 3 is 1.60 bits per heavy atom. The average Bonchev–Trinajstić information content (AvgIpc) is 1.83. The van der Waals surface area contributed by atoms with Gasteiger partial charge in [0.25, 0.3) is 0 Å². The van der Waals surface area contributed by atoms with E-state index in [1.807, 2.05) is 0 Å². The summed E-state index contributed by atoms with van der Waals surface area (Å²) < 4.78 is -1.55. The molecule has 0 aromatic carbocycles. The third-order valence-electron chi connectivity index (χ3n) is 0.778. The van der Waals surface area contributed by atoms with Crippen molar-refractivity contribution in [3.63, 3.8) is 0 Å². The first kappa shape index (κ1) is 11.7. The second-order valence-corrected chi connectivity index (χ2v) is 5.32. The fraction of sp³-hybridized carbons (Fsp3) is 1.00. The Morgan fingerprint density at radius 1 is 1.10 bits per heavy atom. The molecule has 2 atom stereocenters. The molecule has 0 spiro atoms. The molecule has 0 aromatic rings. The van der Waals surface area contributed by atoms with E-state index in [0.29, 0.717) is 0 Å². The molecule has 0 aliphatic carbocycles. The van der Waals surface area contributed by atoms with Gasteiger partial charge in [-0.05, 0) is 0 Å². The van der Waals surface area contributed by atoms with Gasteiger partial charge in [-0.1, -0.05) is 34.8 Å². The van der Waals surface area contributed by atoms with Crippen molar-refractivity contribution in [2.24, 2.45) is 0 Å². The molecule has 0 aliphatic heterocycles. The lowest BCUT2D eigenvalue weighted by atomic mass is 10.3. The van der Waals surface area contributed by atoms with Crippen LogP contribution in [0.4, 0.5) is 0 Å². The molecule has 0 rings (SSSR count). The zero-order valence-corrected chi connectivity index (χ0v) is 9.17. The van der Waals surface area contributed by atoms with Crippen molar-refractivity contribution in [3.05, 3.63) is 0 Å². The van der Waals surface area contributed by atoms with Crippen molar-refractivity contribution in [2.45, 2.75) is 14.5 Å².